The molecule has 156 valence electrons. The van der Waals surface area contributed by atoms with Crippen molar-refractivity contribution in [2.75, 3.05) is 33.9 Å². The van der Waals surface area contributed by atoms with Gasteiger partial charge in [0.15, 0.2) is 11.5 Å². The van der Waals surface area contributed by atoms with Crippen LogP contribution in [-0.2, 0) is 0 Å². The molecule has 0 amide bonds. The summed E-state index contributed by atoms with van der Waals surface area (Å²) in [5.41, 5.74) is 4.32. The third-order valence-corrected chi connectivity index (χ3v) is 5.54. The zero-order valence-electron chi connectivity index (χ0n) is 17.7. The van der Waals surface area contributed by atoms with Gasteiger partial charge < -0.3 is 9.47 Å². The molecule has 1 aliphatic heterocycles. The maximum atomic E-state index is 12.9. The van der Waals surface area contributed by atoms with Crippen molar-refractivity contribution in [2.24, 2.45) is 0 Å². The molecule has 0 radical (unpaired) electrons. The number of methoxy groups -OCH3 is 2. The van der Waals surface area contributed by atoms with Crippen LogP contribution in [0.5, 0.6) is 11.5 Å². The average molecular weight is 405 g/mol. The number of aromatic nitrogens is 2. The van der Waals surface area contributed by atoms with Gasteiger partial charge in [-0.1, -0.05) is 13.0 Å². The second-order valence-electron chi connectivity index (χ2n) is 7.48. The molecule has 3 aromatic rings. The number of hydrogen-bond acceptors (Lipinski definition) is 5. The van der Waals surface area contributed by atoms with Crippen LogP contribution >= 0.6 is 0 Å². The lowest BCUT2D eigenvalue weighted by Gasteiger charge is -2.26. The third kappa shape index (κ3) is 3.96. The fourth-order valence-corrected chi connectivity index (χ4v) is 3.93. The summed E-state index contributed by atoms with van der Waals surface area (Å²) >= 11 is 0. The van der Waals surface area contributed by atoms with Gasteiger partial charge in [-0.15, -0.1) is 0 Å². The molecule has 6 heteroatoms. The number of fused-ring (bicyclic) bond motifs is 1. The minimum Gasteiger partial charge on any atom is -0.493 e. The zero-order chi connectivity index (χ0) is 21.1. The summed E-state index contributed by atoms with van der Waals surface area (Å²) in [5.74, 6) is 1.25. The predicted molar refractivity (Wildman–Crippen MR) is 119 cm³/mol. The molecule has 3 heterocycles. The van der Waals surface area contributed by atoms with Crippen LogP contribution in [0.25, 0.3) is 22.5 Å². The molecule has 30 heavy (non-hydrogen) atoms. The lowest BCUT2D eigenvalue weighted by Crippen LogP contribution is -2.29. The Morgan fingerprint density at radius 1 is 1.03 bits per heavy atom. The Bertz CT molecular complexity index is 1150. The molecule has 6 nitrogen and oxygen atoms in total. The molecule has 0 unspecified atom stereocenters. The standard InChI is InChI=1S/C24H27N3O3/c1-4-11-26-12-9-17(10-13-26)19-6-8-23-25-20(15-24(28)27(23)16-19)18-5-7-21(29-2)22(14-18)30-3/h5-9,14-16H,4,10-13H2,1-3H3. The van der Waals surface area contributed by atoms with E-state index in [1.54, 1.807) is 24.7 Å². The van der Waals surface area contributed by atoms with Gasteiger partial charge in [-0.25, -0.2) is 4.98 Å². The van der Waals surface area contributed by atoms with Crippen LogP contribution in [0, 0.1) is 0 Å². The molecular weight excluding hydrogens is 378 g/mol. The van der Waals surface area contributed by atoms with Crippen LogP contribution in [0.1, 0.15) is 25.3 Å². The monoisotopic (exact) mass is 405 g/mol. The van der Waals surface area contributed by atoms with Crippen molar-refractivity contribution in [3.63, 3.8) is 0 Å². The summed E-state index contributed by atoms with van der Waals surface area (Å²) in [6, 6.07) is 11.1. The van der Waals surface area contributed by atoms with Gasteiger partial charge in [0.1, 0.15) is 5.65 Å². The van der Waals surface area contributed by atoms with Gasteiger partial charge in [0.25, 0.3) is 5.56 Å². The Hall–Kier alpha value is -3.12. The number of nitrogens with zero attached hydrogens (tertiary/aromatic N) is 3. The van der Waals surface area contributed by atoms with Gasteiger partial charge in [-0.3, -0.25) is 14.1 Å². The van der Waals surface area contributed by atoms with Gasteiger partial charge in [0.05, 0.1) is 19.9 Å². The Balaban J connectivity index is 1.68. The van der Waals surface area contributed by atoms with E-state index in [0.29, 0.717) is 22.8 Å². The maximum absolute atomic E-state index is 12.9. The largest absolute Gasteiger partial charge is 0.493 e. The van der Waals surface area contributed by atoms with Crippen molar-refractivity contribution < 1.29 is 9.47 Å². The highest BCUT2D eigenvalue weighted by molar-refractivity contribution is 5.69. The zero-order valence-corrected chi connectivity index (χ0v) is 17.7. The van der Waals surface area contributed by atoms with Crippen LogP contribution in [-0.4, -0.2) is 48.1 Å². The molecule has 0 fully saturated rings. The molecule has 4 rings (SSSR count). The summed E-state index contributed by atoms with van der Waals surface area (Å²) in [4.78, 5) is 20.0. The van der Waals surface area contributed by atoms with Crippen molar-refractivity contribution in [3.05, 3.63) is 64.6 Å². The van der Waals surface area contributed by atoms with Crippen LogP contribution in [0.3, 0.4) is 0 Å². The van der Waals surface area contributed by atoms with Crippen molar-refractivity contribution in [3.8, 4) is 22.8 Å². The first-order chi connectivity index (χ1) is 14.6. The lowest BCUT2D eigenvalue weighted by atomic mass is 10.0. The first-order valence-corrected chi connectivity index (χ1v) is 10.3. The quantitative estimate of drug-likeness (QED) is 0.623. The Morgan fingerprint density at radius 2 is 1.83 bits per heavy atom. The van der Waals surface area contributed by atoms with E-state index in [2.05, 4.69) is 24.0 Å². The van der Waals surface area contributed by atoms with Gasteiger partial charge in [0.2, 0.25) is 0 Å². The fourth-order valence-electron chi connectivity index (χ4n) is 3.93. The van der Waals surface area contributed by atoms with Crippen molar-refractivity contribution in [1.29, 1.82) is 0 Å². The number of pyridine rings is 1. The Labute approximate surface area is 176 Å². The first-order valence-electron chi connectivity index (χ1n) is 10.3. The topological polar surface area (TPSA) is 56.1 Å². The maximum Gasteiger partial charge on any atom is 0.258 e. The van der Waals surface area contributed by atoms with E-state index in [1.165, 1.54) is 12.0 Å². The van der Waals surface area contributed by atoms with E-state index >= 15 is 0 Å². The van der Waals surface area contributed by atoms with E-state index < -0.39 is 0 Å². The van der Waals surface area contributed by atoms with E-state index in [9.17, 15) is 4.79 Å². The van der Waals surface area contributed by atoms with Crippen LogP contribution in [0.4, 0.5) is 0 Å². The molecule has 1 aliphatic rings. The average Bonchev–Trinajstić information content (AvgIpc) is 2.79. The van der Waals surface area contributed by atoms with Gasteiger partial charge in [0, 0.05) is 30.9 Å². The van der Waals surface area contributed by atoms with Gasteiger partial charge in [-0.2, -0.15) is 0 Å². The van der Waals surface area contributed by atoms with Crippen molar-refractivity contribution in [1.82, 2.24) is 14.3 Å². The SMILES string of the molecule is CCCN1CC=C(c2ccc3nc(-c4ccc(OC)c(OC)c4)cc(=O)n3c2)CC1. The minimum absolute atomic E-state index is 0.101. The number of hydrogen-bond donors (Lipinski definition) is 0. The van der Waals surface area contributed by atoms with Gasteiger partial charge in [-0.05, 0) is 60.9 Å². The van der Waals surface area contributed by atoms with Crippen LogP contribution in [0.15, 0.2) is 53.5 Å². The molecule has 0 spiro atoms. The van der Waals surface area contributed by atoms with Crippen molar-refractivity contribution >= 4 is 11.2 Å². The molecule has 2 aromatic heterocycles. The van der Waals surface area contributed by atoms with Crippen molar-refractivity contribution in [2.45, 2.75) is 19.8 Å². The molecule has 0 saturated carbocycles. The lowest BCUT2D eigenvalue weighted by molar-refractivity contribution is 0.302. The van der Waals surface area contributed by atoms with E-state index in [0.717, 1.165) is 37.2 Å². The second kappa shape index (κ2) is 8.71. The number of ether oxygens (including phenoxy) is 2. The second-order valence-corrected chi connectivity index (χ2v) is 7.48. The first kappa shape index (κ1) is 20.2. The molecule has 0 N–H and O–H groups in total. The third-order valence-electron chi connectivity index (χ3n) is 5.54. The molecule has 0 aliphatic carbocycles. The summed E-state index contributed by atoms with van der Waals surface area (Å²) in [7, 11) is 3.19. The Kier molecular flexibility index (Phi) is 5.86. The molecule has 0 saturated heterocycles. The van der Waals surface area contributed by atoms with E-state index in [1.807, 2.05) is 30.5 Å². The summed E-state index contributed by atoms with van der Waals surface area (Å²) in [5, 5.41) is 0. The van der Waals surface area contributed by atoms with E-state index in [4.69, 9.17) is 14.5 Å². The molecule has 0 atom stereocenters. The van der Waals surface area contributed by atoms with Crippen LogP contribution in [0.2, 0.25) is 0 Å². The van der Waals surface area contributed by atoms with Crippen LogP contribution < -0.4 is 15.0 Å². The highest BCUT2D eigenvalue weighted by Crippen LogP contribution is 2.31. The normalized spacial score (nSPS) is 14.6. The predicted octanol–water partition coefficient (Wildman–Crippen LogP) is 3.88. The van der Waals surface area contributed by atoms with E-state index in [-0.39, 0.29) is 5.56 Å². The number of benzene rings is 1. The summed E-state index contributed by atoms with van der Waals surface area (Å²) < 4.78 is 12.3. The summed E-state index contributed by atoms with van der Waals surface area (Å²) in [6.07, 6.45) is 6.35. The highest BCUT2D eigenvalue weighted by atomic mass is 16.5. The Morgan fingerprint density at radius 3 is 2.53 bits per heavy atom. The molecule has 1 aromatic carbocycles. The minimum atomic E-state index is -0.101. The fraction of sp³-hybridized carbons (Fsp3) is 0.333. The molecule has 0 bridgehead atoms. The highest BCUT2D eigenvalue weighted by Gasteiger charge is 2.14. The smallest absolute Gasteiger partial charge is 0.258 e. The molecular formula is C24H27N3O3. The summed E-state index contributed by atoms with van der Waals surface area (Å²) in [6.45, 7) is 5.36. The number of rotatable bonds is 6. The van der Waals surface area contributed by atoms with Gasteiger partial charge >= 0.3 is 0 Å².